The van der Waals surface area contributed by atoms with Crippen LogP contribution in [0.1, 0.15) is 18.4 Å². The number of anilines is 1. The van der Waals surface area contributed by atoms with E-state index in [1.165, 1.54) is 11.0 Å². The average Bonchev–Trinajstić information content (AvgIpc) is 2.99. The van der Waals surface area contributed by atoms with Crippen LogP contribution in [-0.2, 0) is 30.6 Å². The molecule has 0 spiro atoms. The van der Waals surface area contributed by atoms with Gasteiger partial charge in [-0.1, -0.05) is 54.6 Å². The van der Waals surface area contributed by atoms with Gasteiger partial charge in [0.15, 0.2) is 9.84 Å². The standard InChI is InChI=1S/C27H30N4O5S/c28-14-15-29-27(34)22(18-20-8-5-7-19-6-1-2-9-21(19)20)30-25(32)12-16-31-23-10-3-4-11-24(23)37(35,36)17-13-26(31)33/h1-11,22H,12-18,28H2,(H,29,34)(H,30,32)/p+1/t22-/m1/s1. The fourth-order valence-corrected chi connectivity index (χ4v) is 5.95. The Kier molecular flexibility index (Phi) is 8.20. The molecule has 0 aliphatic carbocycles. The van der Waals surface area contributed by atoms with Gasteiger partial charge in [-0.3, -0.25) is 14.4 Å². The molecule has 37 heavy (non-hydrogen) atoms. The third-order valence-electron chi connectivity index (χ3n) is 6.37. The molecule has 1 aliphatic heterocycles. The first-order valence-electron chi connectivity index (χ1n) is 12.3. The zero-order chi connectivity index (χ0) is 26.4. The van der Waals surface area contributed by atoms with Crippen LogP contribution in [-0.4, -0.2) is 57.6 Å². The molecule has 10 heteroatoms. The summed E-state index contributed by atoms with van der Waals surface area (Å²) in [5.41, 5.74) is 4.95. The molecular weight excluding hydrogens is 492 g/mol. The topological polar surface area (TPSA) is 140 Å². The summed E-state index contributed by atoms with van der Waals surface area (Å²) in [4.78, 5) is 40.1. The number of carbonyl (C=O) groups is 3. The molecule has 0 saturated carbocycles. The van der Waals surface area contributed by atoms with E-state index in [1.807, 2.05) is 42.5 Å². The molecule has 1 atom stereocenters. The normalized spacial score (nSPS) is 15.5. The molecule has 9 nitrogen and oxygen atoms in total. The Balaban J connectivity index is 1.51. The second-order valence-corrected chi connectivity index (χ2v) is 11.0. The van der Waals surface area contributed by atoms with E-state index >= 15 is 0 Å². The molecule has 0 unspecified atom stereocenters. The van der Waals surface area contributed by atoms with Gasteiger partial charge in [0.05, 0.1) is 29.4 Å². The number of hydrogen-bond acceptors (Lipinski definition) is 5. The zero-order valence-corrected chi connectivity index (χ0v) is 21.3. The number of rotatable bonds is 9. The molecule has 1 aliphatic rings. The Morgan fingerprint density at radius 3 is 2.54 bits per heavy atom. The first-order valence-corrected chi connectivity index (χ1v) is 13.9. The molecule has 3 amide bonds. The van der Waals surface area contributed by atoms with Crippen molar-refractivity contribution in [3.63, 3.8) is 0 Å². The van der Waals surface area contributed by atoms with Gasteiger partial charge in [-0.05, 0) is 28.5 Å². The summed E-state index contributed by atoms with van der Waals surface area (Å²) in [6.07, 6.45) is 0.0460. The van der Waals surface area contributed by atoms with Gasteiger partial charge in [0.25, 0.3) is 0 Å². The monoisotopic (exact) mass is 523 g/mol. The van der Waals surface area contributed by atoms with E-state index in [9.17, 15) is 22.8 Å². The molecule has 0 aromatic heterocycles. The molecule has 0 bridgehead atoms. The molecule has 1 heterocycles. The van der Waals surface area contributed by atoms with Crippen LogP contribution >= 0.6 is 0 Å². The minimum absolute atomic E-state index is 0.00130. The highest BCUT2D eigenvalue weighted by molar-refractivity contribution is 7.91. The Hall–Kier alpha value is -3.76. The van der Waals surface area contributed by atoms with Gasteiger partial charge in [-0.2, -0.15) is 0 Å². The van der Waals surface area contributed by atoms with Crippen molar-refractivity contribution in [2.75, 3.05) is 30.3 Å². The number of para-hydroxylation sites is 1. The van der Waals surface area contributed by atoms with Crippen LogP contribution in [0.25, 0.3) is 10.8 Å². The minimum Gasteiger partial charge on any atom is -0.356 e. The van der Waals surface area contributed by atoms with Crippen LogP contribution < -0.4 is 21.3 Å². The lowest BCUT2D eigenvalue weighted by atomic mass is 9.98. The Morgan fingerprint density at radius 2 is 1.73 bits per heavy atom. The molecular formula is C27H31N4O5S+. The van der Waals surface area contributed by atoms with Gasteiger partial charge >= 0.3 is 0 Å². The molecule has 3 aromatic rings. The van der Waals surface area contributed by atoms with E-state index in [-0.39, 0.29) is 47.5 Å². The fourth-order valence-electron chi connectivity index (χ4n) is 4.50. The number of benzene rings is 3. The van der Waals surface area contributed by atoms with Crippen LogP contribution in [0.5, 0.6) is 0 Å². The van der Waals surface area contributed by atoms with E-state index in [0.717, 1.165) is 16.3 Å². The molecule has 3 aromatic carbocycles. The predicted octanol–water partition coefficient (Wildman–Crippen LogP) is 0.826. The zero-order valence-electron chi connectivity index (χ0n) is 20.5. The number of hydrogen-bond donors (Lipinski definition) is 3. The smallest absolute Gasteiger partial charge is 0.243 e. The lowest BCUT2D eigenvalue weighted by molar-refractivity contribution is -0.364. The maximum Gasteiger partial charge on any atom is 0.243 e. The van der Waals surface area contributed by atoms with Crippen LogP contribution in [0.15, 0.2) is 71.6 Å². The summed E-state index contributed by atoms with van der Waals surface area (Å²) in [7, 11) is -3.60. The lowest BCUT2D eigenvalue weighted by Crippen LogP contribution is -2.57. The summed E-state index contributed by atoms with van der Waals surface area (Å²) < 4.78 is 25.2. The Labute approximate surface area is 215 Å². The molecule has 5 N–H and O–H groups in total. The van der Waals surface area contributed by atoms with Crippen molar-refractivity contribution >= 4 is 44.0 Å². The second kappa shape index (κ2) is 11.5. The molecule has 0 fully saturated rings. The largest absolute Gasteiger partial charge is 0.356 e. The summed E-state index contributed by atoms with van der Waals surface area (Å²) in [5.74, 6) is -1.35. The predicted molar refractivity (Wildman–Crippen MR) is 140 cm³/mol. The van der Waals surface area contributed by atoms with Crippen LogP contribution in [0.3, 0.4) is 0 Å². The number of quaternary nitrogens is 1. The van der Waals surface area contributed by atoms with Crippen LogP contribution in [0.4, 0.5) is 5.69 Å². The Bertz CT molecular complexity index is 1420. The molecule has 0 saturated heterocycles. The number of sulfone groups is 1. The lowest BCUT2D eigenvalue weighted by Gasteiger charge is -2.23. The van der Waals surface area contributed by atoms with Gasteiger partial charge < -0.3 is 21.3 Å². The second-order valence-electron chi connectivity index (χ2n) is 8.94. The van der Waals surface area contributed by atoms with Crippen molar-refractivity contribution in [3.05, 3.63) is 72.3 Å². The minimum atomic E-state index is -3.60. The maximum absolute atomic E-state index is 13.0. The highest BCUT2D eigenvalue weighted by atomic mass is 32.2. The molecule has 0 radical (unpaired) electrons. The molecule has 194 valence electrons. The van der Waals surface area contributed by atoms with Crippen molar-refractivity contribution < 1.29 is 28.5 Å². The summed E-state index contributed by atoms with van der Waals surface area (Å²) in [6, 6.07) is 19.2. The number of amides is 3. The first kappa shape index (κ1) is 26.3. The number of nitrogens with zero attached hydrogens (tertiary/aromatic N) is 1. The van der Waals surface area contributed by atoms with Crippen LogP contribution in [0.2, 0.25) is 0 Å². The van der Waals surface area contributed by atoms with Crippen molar-refractivity contribution in [2.24, 2.45) is 0 Å². The van der Waals surface area contributed by atoms with Gasteiger partial charge in [-0.25, -0.2) is 8.42 Å². The van der Waals surface area contributed by atoms with Gasteiger partial charge in [0, 0.05) is 25.8 Å². The van der Waals surface area contributed by atoms with E-state index in [4.69, 9.17) is 0 Å². The third-order valence-corrected chi connectivity index (χ3v) is 8.13. The van der Waals surface area contributed by atoms with E-state index < -0.39 is 21.8 Å². The van der Waals surface area contributed by atoms with Crippen LogP contribution in [0, 0.1) is 0 Å². The van der Waals surface area contributed by atoms with Crippen molar-refractivity contribution in [1.29, 1.82) is 0 Å². The van der Waals surface area contributed by atoms with E-state index in [2.05, 4.69) is 16.4 Å². The summed E-state index contributed by atoms with van der Waals surface area (Å²) in [6.45, 7) is 0.896. The number of carbonyl (C=O) groups excluding carboxylic acids is 3. The van der Waals surface area contributed by atoms with Crippen molar-refractivity contribution in [2.45, 2.75) is 30.2 Å². The van der Waals surface area contributed by atoms with Gasteiger partial charge in [0.2, 0.25) is 17.7 Å². The van der Waals surface area contributed by atoms with E-state index in [1.54, 1.807) is 18.2 Å². The summed E-state index contributed by atoms with van der Waals surface area (Å²) >= 11 is 0. The molecule has 4 rings (SSSR count). The number of fused-ring (bicyclic) bond motifs is 2. The van der Waals surface area contributed by atoms with Gasteiger partial charge in [0.1, 0.15) is 6.04 Å². The SMILES string of the molecule is [NH3+]CCNC(=O)[C@@H](Cc1cccc2ccccc12)NC(=O)CCN1C(=O)CCS(=O)(=O)c2ccccc21. The highest BCUT2D eigenvalue weighted by Gasteiger charge is 2.31. The van der Waals surface area contributed by atoms with E-state index in [0.29, 0.717) is 19.5 Å². The maximum atomic E-state index is 13.0. The van der Waals surface area contributed by atoms with Gasteiger partial charge in [-0.15, -0.1) is 0 Å². The summed E-state index contributed by atoms with van der Waals surface area (Å²) in [5, 5.41) is 7.66. The number of nitrogens with one attached hydrogen (secondary N) is 2. The van der Waals surface area contributed by atoms with Crippen molar-refractivity contribution in [3.8, 4) is 0 Å². The van der Waals surface area contributed by atoms with Crippen molar-refractivity contribution in [1.82, 2.24) is 10.6 Å². The highest BCUT2D eigenvalue weighted by Crippen LogP contribution is 2.30. The average molecular weight is 524 g/mol. The quantitative estimate of drug-likeness (QED) is 0.381. The Morgan fingerprint density at radius 1 is 1.00 bits per heavy atom. The third kappa shape index (κ3) is 6.15. The fraction of sp³-hybridized carbons (Fsp3) is 0.296. The first-order chi connectivity index (χ1) is 17.8.